The largest absolute Gasteiger partial charge is 0.446 e. The molecule has 1 N–H and O–H groups in total. The molecule has 0 spiro atoms. The van der Waals surface area contributed by atoms with Crippen molar-refractivity contribution in [3.05, 3.63) is 0 Å². The van der Waals surface area contributed by atoms with E-state index in [2.05, 4.69) is 19.2 Å². The monoisotopic (exact) mass is 157 g/mol. The molecular formula is C8H15NO2. The van der Waals surface area contributed by atoms with Gasteiger partial charge in [0, 0.05) is 0 Å². The van der Waals surface area contributed by atoms with E-state index in [-0.39, 0.29) is 18.2 Å². The van der Waals surface area contributed by atoms with Gasteiger partial charge in [0.25, 0.3) is 0 Å². The summed E-state index contributed by atoms with van der Waals surface area (Å²) in [6, 6.07) is -0.0787. The molecule has 64 valence electrons. The van der Waals surface area contributed by atoms with Crippen LogP contribution in [-0.2, 0) is 9.53 Å². The number of ether oxygens (including phenoxy) is 1. The predicted octanol–water partition coefficient (Wildman–Crippen LogP) is 0.893. The highest BCUT2D eigenvalue weighted by Crippen LogP contribution is 2.12. The van der Waals surface area contributed by atoms with Gasteiger partial charge in [0.15, 0.2) is 6.23 Å². The fourth-order valence-electron chi connectivity index (χ4n) is 1.28. The Labute approximate surface area is 67.1 Å². The molecule has 0 aliphatic carbocycles. The minimum atomic E-state index is -0.105. The summed E-state index contributed by atoms with van der Waals surface area (Å²) in [5.41, 5.74) is 0. The van der Waals surface area contributed by atoms with Crippen molar-refractivity contribution in [1.82, 2.24) is 5.32 Å². The lowest BCUT2D eigenvalue weighted by atomic mass is 10.0. The Morgan fingerprint density at radius 3 is 2.64 bits per heavy atom. The zero-order valence-corrected chi connectivity index (χ0v) is 7.26. The van der Waals surface area contributed by atoms with Crippen LogP contribution in [0, 0.1) is 5.92 Å². The summed E-state index contributed by atoms with van der Waals surface area (Å²) in [7, 11) is 0. The zero-order chi connectivity index (χ0) is 8.43. The third-order valence-corrected chi connectivity index (χ3v) is 1.72. The van der Waals surface area contributed by atoms with Crippen molar-refractivity contribution in [2.24, 2.45) is 5.92 Å². The zero-order valence-electron chi connectivity index (χ0n) is 7.26. The molecule has 1 aliphatic rings. The van der Waals surface area contributed by atoms with E-state index in [1.165, 1.54) is 0 Å². The van der Waals surface area contributed by atoms with E-state index in [1.807, 2.05) is 6.92 Å². The molecule has 0 aromatic heterocycles. The molecule has 2 atom stereocenters. The smallest absolute Gasteiger partial charge is 0.324 e. The van der Waals surface area contributed by atoms with Gasteiger partial charge in [-0.05, 0) is 19.3 Å². The van der Waals surface area contributed by atoms with E-state index in [9.17, 15) is 4.79 Å². The average molecular weight is 157 g/mol. The molecule has 1 fully saturated rings. The van der Waals surface area contributed by atoms with Crippen LogP contribution in [0.25, 0.3) is 0 Å². The highest BCUT2D eigenvalue weighted by atomic mass is 16.6. The Morgan fingerprint density at radius 2 is 2.27 bits per heavy atom. The van der Waals surface area contributed by atoms with Crippen LogP contribution in [-0.4, -0.2) is 18.2 Å². The van der Waals surface area contributed by atoms with Gasteiger partial charge in [0.2, 0.25) is 0 Å². The van der Waals surface area contributed by atoms with Crippen molar-refractivity contribution in [3.63, 3.8) is 0 Å². The SMILES string of the molecule is CC(C)C[C@H]1N[C@H](C)OC1=O. The molecule has 0 unspecified atom stereocenters. The lowest BCUT2D eigenvalue weighted by molar-refractivity contribution is -0.142. The number of nitrogens with one attached hydrogen (secondary N) is 1. The van der Waals surface area contributed by atoms with Gasteiger partial charge in [-0.15, -0.1) is 0 Å². The van der Waals surface area contributed by atoms with E-state index in [4.69, 9.17) is 4.74 Å². The lowest BCUT2D eigenvalue weighted by Crippen LogP contribution is -2.31. The molecule has 0 radical (unpaired) electrons. The van der Waals surface area contributed by atoms with Gasteiger partial charge in [-0.3, -0.25) is 10.1 Å². The second kappa shape index (κ2) is 3.22. The molecule has 0 aromatic carbocycles. The molecule has 1 saturated heterocycles. The van der Waals surface area contributed by atoms with E-state index < -0.39 is 0 Å². The molecule has 3 heteroatoms. The first-order chi connectivity index (χ1) is 5.09. The number of carbonyl (C=O) groups is 1. The van der Waals surface area contributed by atoms with Crippen LogP contribution in [0.3, 0.4) is 0 Å². The minimum Gasteiger partial charge on any atom is -0.446 e. The summed E-state index contributed by atoms with van der Waals surface area (Å²) in [5.74, 6) is 0.427. The molecule has 1 rings (SSSR count). The summed E-state index contributed by atoms with van der Waals surface area (Å²) in [6.45, 7) is 6.04. The highest BCUT2D eigenvalue weighted by Gasteiger charge is 2.30. The topological polar surface area (TPSA) is 38.3 Å². The van der Waals surface area contributed by atoms with Gasteiger partial charge in [0.05, 0.1) is 0 Å². The Bertz CT molecular complexity index is 156. The third-order valence-electron chi connectivity index (χ3n) is 1.72. The van der Waals surface area contributed by atoms with Crippen LogP contribution in [0.1, 0.15) is 27.2 Å². The molecule has 1 aliphatic heterocycles. The fraction of sp³-hybridized carbons (Fsp3) is 0.875. The molecule has 3 nitrogen and oxygen atoms in total. The first-order valence-electron chi connectivity index (χ1n) is 4.06. The van der Waals surface area contributed by atoms with Crippen LogP contribution in [0.15, 0.2) is 0 Å². The maximum Gasteiger partial charge on any atom is 0.324 e. The van der Waals surface area contributed by atoms with Crippen LogP contribution >= 0.6 is 0 Å². The van der Waals surface area contributed by atoms with Crippen molar-refractivity contribution in [3.8, 4) is 0 Å². The summed E-state index contributed by atoms with van der Waals surface area (Å²) < 4.78 is 4.92. The Kier molecular flexibility index (Phi) is 2.49. The van der Waals surface area contributed by atoms with Gasteiger partial charge in [-0.1, -0.05) is 13.8 Å². The minimum absolute atomic E-state index is 0.0787. The second-order valence-corrected chi connectivity index (χ2v) is 3.43. The molecule has 11 heavy (non-hydrogen) atoms. The summed E-state index contributed by atoms with van der Waals surface area (Å²) in [6.07, 6.45) is 0.759. The Morgan fingerprint density at radius 1 is 1.64 bits per heavy atom. The maximum absolute atomic E-state index is 11.0. The maximum atomic E-state index is 11.0. The number of esters is 1. The Balaban J connectivity index is 2.41. The van der Waals surface area contributed by atoms with Crippen LogP contribution in [0.2, 0.25) is 0 Å². The molecular weight excluding hydrogens is 142 g/mol. The van der Waals surface area contributed by atoms with Crippen molar-refractivity contribution < 1.29 is 9.53 Å². The molecule has 1 heterocycles. The molecule has 0 saturated carbocycles. The van der Waals surface area contributed by atoms with Crippen molar-refractivity contribution in [2.75, 3.05) is 0 Å². The number of cyclic esters (lactones) is 1. The van der Waals surface area contributed by atoms with Crippen LogP contribution in [0.5, 0.6) is 0 Å². The highest BCUT2D eigenvalue weighted by molar-refractivity contribution is 5.77. The van der Waals surface area contributed by atoms with E-state index >= 15 is 0 Å². The average Bonchev–Trinajstić information content (AvgIpc) is 2.09. The van der Waals surface area contributed by atoms with Crippen molar-refractivity contribution >= 4 is 5.97 Å². The van der Waals surface area contributed by atoms with Crippen LogP contribution in [0.4, 0.5) is 0 Å². The van der Waals surface area contributed by atoms with E-state index in [1.54, 1.807) is 0 Å². The van der Waals surface area contributed by atoms with Gasteiger partial charge in [0.1, 0.15) is 6.04 Å². The molecule has 0 aromatic rings. The van der Waals surface area contributed by atoms with Gasteiger partial charge >= 0.3 is 5.97 Å². The summed E-state index contributed by atoms with van der Waals surface area (Å²) in [5, 5.41) is 3.06. The second-order valence-electron chi connectivity index (χ2n) is 3.43. The first-order valence-corrected chi connectivity index (χ1v) is 4.06. The van der Waals surface area contributed by atoms with Gasteiger partial charge in [-0.2, -0.15) is 0 Å². The van der Waals surface area contributed by atoms with Crippen LogP contribution < -0.4 is 5.32 Å². The Hall–Kier alpha value is -0.570. The van der Waals surface area contributed by atoms with Crippen molar-refractivity contribution in [1.29, 1.82) is 0 Å². The number of carbonyl (C=O) groups excluding carboxylic acids is 1. The summed E-state index contributed by atoms with van der Waals surface area (Å²) in [4.78, 5) is 11.0. The third kappa shape index (κ3) is 2.19. The van der Waals surface area contributed by atoms with Gasteiger partial charge < -0.3 is 4.74 Å². The number of rotatable bonds is 2. The first kappa shape index (κ1) is 8.53. The van der Waals surface area contributed by atoms with Crippen molar-refractivity contribution in [2.45, 2.75) is 39.5 Å². The number of hydrogen-bond donors (Lipinski definition) is 1. The van der Waals surface area contributed by atoms with E-state index in [0.29, 0.717) is 5.92 Å². The number of hydrogen-bond acceptors (Lipinski definition) is 3. The molecule has 0 amide bonds. The molecule has 0 bridgehead atoms. The standard InChI is InChI=1S/C8H15NO2/c1-5(2)4-7-8(10)11-6(3)9-7/h5-7,9H,4H2,1-3H3/t6-,7+/m0/s1. The summed E-state index contributed by atoms with van der Waals surface area (Å²) >= 11 is 0. The normalized spacial score (nSPS) is 31.1. The lowest BCUT2D eigenvalue weighted by Gasteiger charge is -2.08. The van der Waals surface area contributed by atoms with Gasteiger partial charge in [-0.25, -0.2) is 0 Å². The quantitative estimate of drug-likeness (QED) is 0.605. The van der Waals surface area contributed by atoms with E-state index in [0.717, 1.165) is 6.42 Å². The predicted molar refractivity (Wildman–Crippen MR) is 41.9 cm³/mol. The fourth-order valence-corrected chi connectivity index (χ4v) is 1.28.